The number of carbonyl (C=O) groups is 1. The molecule has 4 aromatic heterocycles. The Morgan fingerprint density at radius 1 is 0.600 bits per heavy atom. The molecular formula is C48H53Cl2N11O14. The molecule has 2 fully saturated rings. The Balaban J connectivity index is 0.000000188. The van der Waals surface area contributed by atoms with Crippen LogP contribution in [-0.2, 0) is 22.6 Å². The van der Waals surface area contributed by atoms with Gasteiger partial charge in [-0.1, -0.05) is 41.0 Å². The number of halogens is 2. The number of aldehydes is 1. The van der Waals surface area contributed by atoms with Crippen molar-refractivity contribution in [3.05, 3.63) is 150 Å². The molecule has 2 unspecified atom stereocenters. The number of phenolic OH excluding ortho intramolecular Hbond substituents is 4. The van der Waals surface area contributed by atoms with Crippen molar-refractivity contribution in [2.75, 3.05) is 18.5 Å². The van der Waals surface area contributed by atoms with Crippen molar-refractivity contribution in [2.45, 2.75) is 62.2 Å². The van der Waals surface area contributed by atoms with Crippen LogP contribution in [0.5, 0.6) is 23.0 Å². The molecule has 0 aliphatic carbocycles. The lowest BCUT2D eigenvalue weighted by atomic mass is 10.1. The van der Waals surface area contributed by atoms with Gasteiger partial charge in [-0.25, -0.2) is 29.9 Å². The van der Waals surface area contributed by atoms with E-state index >= 15 is 0 Å². The molecule has 0 spiro atoms. The van der Waals surface area contributed by atoms with Gasteiger partial charge in [0.15, 0.2) is 40.2 Å². The minimum Gasteiger partial charge on any atom is -0.508 e. The molecule has 25 nitrogen and oxygen atoms in total. The van der Waals surface area contributed by atoms with Gasteiger partial charge in [0, 0.05) is 18.7 Å². The van der Waals surface area contributed by atoms with Crippen LogP contribution in [0.2, 0.25) is 5.15 Å². The van der Waals surface area contributed by atoms with Gasteiger partial charge in [0.2, 0.25) is 0 Å². The summed E-state index contributed by atoms with van der Waals surface area (Å²) in [6, 6.07) is 26.0. The van der Waals surface area contributed by atoms with Crippen LogP contribution in [0.1, 0.15) is 39.5 Å². The number of fused-ring (bicyclic) bond motifs is 2. The van der Waals surface area contributed by atoms with Gasteiger partial charge in [-0.2, -0.15) is 0 Å². The fourth-order valence-electron chi connectivity index (χ4n) is 7.01. The lowest BCUT2D eigenvalue weighted by molar-refractivity contribution is -0.0511. The smallest absolute Gasteiger partial charge is 0.167 e. The molecule has 75 heavy (non-hydrogen) atoms. The summed E-state index contributed by atoms with van der Waals surface area (Å²) in [7, 11) is 0. The van der Waals surface area contributed by atoms with E-state index in [1.807, 2.05) is 0 Å². The lowest BCUT2D eigenvalue weighted by Gasteiger charge is -2.16. The Morgan fingerprint density at radius 3 is 1.47 bits per heavy atom. The number of hydrogen-bond donors (Lipinski definition) is 13. The number of nitrogens with one attached hydrogen (secondary N) is 1. The highest BCUT2D eigenvalue weighted by Gasteiger charge is 2.45. The number of imidazole rings is 2. The maximum Gasteiger partial charge on any atom is 0.167 e. The molecule has 2 saturated heterocycles. The largest absolute Gasteiger partial charge is 0.508 e. The Morgan fingerprint density at radius 2 is 1.03 bits per heavy atom. The van der Waals surface area contributed by atoms with E-state index < -0.39 is 62.3 Å². The minimum atomic E-state index is -1.22. The number of oxime groups is 1. The number of ether oxygens (including phenoxy) is 2. The van der Waals surface area contributed by atoms with Crippen molar-refractivity contribution < 1.29 is 70.5 Å². The molecule has 8 aromatic rings. The van der Waals surface area contributed by atoms with Crippen LogP contribution in [0.4, 0.5) is 5.82 Å². The average molecular weight is 1080 g/mol. The van der Waals surface area contributed by atoms with E-state index in [4.69, 9.17) is 52.4 Å². The van der Waals surface area contributed by atoms with Crippen LogP contribution < -0.4 is 11.1 Å². The topological polar surface area (TPSA) is 396 Å². The first-order valence-electron chi connectivity index (χ1n) is 22.2. The summed E-state index contributed by atoms with van der Waals surface area (Å²) in [4.78, 5) is 34.6. The summed E-state index contributed by atoms with van der Waals surface area (Å²) in [5, 5.41) is 108. The number of rotatable bonds is 10. The number of aliphatic hydroxyl groups is 6. The highest BCUT2D eigenvalue weighted by atomic mass is 35.5. The first kappa shape index (κ1) is 58.2. The Hall–Kier alpha value is -7.66. The van der Waals surface area contributed by atoms with Crippen LogP contribution in [0.15, 0.2) is 128 Å². The molecule has 14 N–H and O–H groups in total. The molecule has 398 valence electrons. The summed E-state index contributed by atoms with van der Waals surface area (Å²) in [5.74, 6) is 1.36. The molecule has 4 aromatic carbocycles. The standard InChI is InChI=1S/C17H19N5O5.C10H11ClN4O4.C7H7NO2.C7H9NO.C7H6O2.ClH/c23-6-11-13(25)14(26)17(27-11)22-8-21-12-15(19-7-20-16(12)22)18-5-9-1-3-10(24)4-2-9;11-8-5-9(13-2-12-8)15(3-14-5)10-7(18)6(17)4(1-16)19-10;9-7-3-1-6(2-4-7)5-8-10;2*8-5-6-1-3-7(9)4-2-6;/h1-4,7-8,11,13-14,17,23-26H,5-6H2,(H,18,19,20);2-4,6-7,10,16-18H,1H2;1-5,9-10H;1-4,9H,5,8H2;1-5,9H;1H/t11-,13+,14?,17-;4-,6+,7?,10-;;;;/m11..../s1. The molecule has 2 aliphatic rings. The monoisotopic (exact) mass is 1080 g/mol. The highest BCUT2D eigenvalue weighted by Crippen LogP contribution is 2.33. The third-order valence-electron chi connectivity index (χ3n) is 11.0. The van der Waals surface area contributed by atoms with E-state index in [1.165, 1.54) is 64.9 Å². The molecule has 0 amide bonds. The maximum absolute atomic E-state index is 10.2. The van der Waals surface area contributed by atoms with Gasteiger partial charge in [-0.05, 0) is 89.5 Å². The zero-order valence-corrected chi connectivity index (χ0v) is 40.8. The number of aromatic nitrogens is 8. The van der Waals surface area contributed by atoms with E-state index in [2.05, 4.69) is 40.4 Å². The molecular weight excluding hydrogens is 1030 g/mol. The molecule has 2 aliphatic heterocycles. The minimum absolute atomic E-state index is 0. The van der Waals surface area contributed by atoms with Crippen molar-refractivity contribution in [3.8, 4) is 23.0 Å². The van der Waals surface area contributed by atoms with Crippen molar-refractivity contribution in [1.29, 1.82) is 0 Å². The Bertz CT molecular complexity index is 3030. The van der Waals surface area contributed by atoms with Crippen molar-refractivity contribution >= 4 is 64.7 Å². The van der Waals surface area contributed by atoms with Crippen LogP contribution in [0.3, 0.4) is 0 Å². The lowest BCUT2D eigenvalue weighted by Crippen LogP contribution is -2.33. The molecule has 0 saturated carbocycles. The van der Waals surface area contributed by atoms with Crippen LogP contribution in [-0.4, -0.2) is 158 Å². The maximum atomic E-state index is 10.2. The number of hydrogen-bond acceptors (Lipinski definition) is 23. The zero-order valence-electron chi connectivity index (χ0n) is 39.2. The summed E-state index contributed by atoms with van der Waals surface area (Å²) < 4.78 is 13.9. The van der Waals surface area contributed by atoms with E-state index in [-0.39, 0.29) is 40.6 Å². The van der Waals surface area contributed by atoms with E-state index in [0.29, 0.717) is 46.8 Å². The number of aromatic hydroxyl groups is 4. The molecule has 0 radical (unpaired) electrons. The van der Waals surface area contributed by atoms with Crippen molar-refractivity contribution in [3.63, 3.8) is 0 Å². The molecule has 27 heteroatoms. The number of carbonyl (C=O) groups excluding carboxylic acids is 1. The van der Waals surface area contributed by atoms with Gasteiger partial charge in [-0.15, -0.1) is 12.4 Å². The van der Waals surface area contributed by atoms with Gasteiger partial charge >= 0.3 is 0 Å². The SMILES string of the molecule is Cl.NCc1ccc(O)cc1.O=Cc1ccc(O)cc1.OC[C@H]1O[C@@H](n2cnc3c(Cl)ncnc32)C(O)[C@H]1O.OC[C@H]1O[C@@H](n2cnc3c(NCc4ccc(O)cc4)ncnc32)C(O)[C@H]1O.ON=Cc1ccc(O)cc1. The molecule has 6 heterocycles. The van der Waals surface area contributed by atoms with Gasteiger partial charge in [0.25, 0.3) is 0 Å². The molecule has 8 atom stereocenters. The number of anilines is 1. The third kappa shape index (κ3) is 15.2. The fraction of sp³-hybridized carbons (Fsp3) is 0.250. The first-order chi connectivity index (χ1) is 35.7. The number of nitrogens with zero attached hydrogens (tertiary/aromatic N) is 9. The summed E-state index contributed by atoms with van der Waals surface area (Å²) in [6.45, 7) is 0.195. The summed E-state index contributed by atoms with van der Waals surface area (Å²) >= 11 is 5.88. The summed E-state index contributed by atoms with van der Waals surface area (Å²) in [6.07, 6.45) is -0.820. The van der Waals surface area contributed by atoms with Gasteiger partial charge < -0.3 is 76.8 Å². The van der Waals surface area contributed by atoms with Crippen molar-refractivity contribution in [2.24, 2.45) is 10.9 Å². The number of nitrogens with two attached hydrogens (primary N) is 1. The van der Waals surface area contributed by atoms with Gasteiger partial charge in [0.05, 0.1) is 32.1 Å². The third-order valence-corrected chi connectivity index (χ3v) is 11.2. The second kappa shape index (κ2) is 28.1. The van der Waals surface area contributed by atoms with Gasteiger partial charge in [-0.3, -0.25) is 13.9 Å². The number of aliphatic hydroxyl groups excluding tert-OH is 6. The number of benzene rings is 4. The Kier molecular flexibility index (Phi) is 21.8. The quantitative estimate of drug-likeness (QED) is 0.0308. The second-order valence-electron chi connectivity index (χ2n) is 15.9. The van der Waals surface area contributed by atoms with E-state index in [1.54, 1.807) is 72.8 Å². The van der Waals surface area contributed by atoms with Crippen LogP contribution in [0, 0.1) is 0 Å². The fourth-order valence-corrected chi connectivity index (χ4v) is 7.19. The molecule has 10 rings (SSSR count). The van der Waals surface area contributed by atoms with Crippen LogP contribution in [0.25, 0.3) is 22.3 Å². The predicted octanol–water partition coefficient (Wildman–Crippen LogP) is 2.52. The average Bonchev–Trinajstić information content (AvgIpc) is 4.19. The Labute approximate surface area is 437 Å². The molecule has 0 bridgehead atoms. The van der Waals surface area contributed by atoms with E-state index in [0.717, 1.165) is 23.0 Å². The predicted molar refractivity (Wildman–Crippen MR) is 271 cm³/mol. The first-order valence-corrected chi connectivity index (χ1v) is 22.5. The van der Waals surface area contributed by atoms with Crippen LogP contribution >= 0.6 is 24.0 Å². The van der Waals surface area contributed by atoms with Gasteiger partial charge in [0.1, 0.15) is 84.1 Å². The normalized spacial score (nSPS) is 20.5. The van der Waals surface area contributed by atoms with E-state index in [9.17, 15) is 35.4 Å². The summed E-state index contributed by atoms with van der Waals surface area (Å²) in [5.41, 5.74) is 10.3. The second-order valence-corrected chi connectivity index (χ2v) is 16.3. The zero-order chi connectivity index (χ0) is 53.3. The van der Waals surface area contributed by atoms with Crippen molar-refractivity contribution in [1.82, 2.24) is 39.0 Å². The highest BCUT2D eigenvalue weighted by molar-refractivity contribution is 6.33. The number of phenols is 4.